The first-order valence-electron chi connectivity index (χ1n) is 4.89. The van der Waals surface area contributed by atoms with E-state index in [4.69, 9.17) is 12.2 Å². The predicted octanol–water partition coefficient (Wildman–Crippen LogP) is 1.83. The first kappa shape index (κ1) is 10.2. The van der Waals surface area contributed by atoms with E-state index in [9.17, 15) is 0 Å². The number of rotatable bonds is 3. The SMILES string of the molecule is Cc1c[nH]c(=S)n1CCc1nccn1C. The molecular formula is C10H14N4S. The van der Waals surface area contributed by atoms with Crippen LogP contribution >= 0.6 is 12.2 Å². The fraction of sp³-hybridized carbons (Fsp3) is 0.400. The van der Waals surface area contributed by atoms with Crippen LogP contribution in [0.25, 0.3) is 0 Å². The number of H-pyrrole nitrogens is 1. The molecule has 0 saturated heterocycles. The molecule has 0 unspecified atom stereocenters. The summed E-state index contributed by atoms with van der Waals surface area (Å²) in [6, 6.07) is 0. The molecule has 2 heterocycles. The van der Waals surface area contributed by atoms with Crippen LogP contribution in [0.5, 0.6) is 0 Å². The van der Waals surface area contributed by atoms with Crippen LogP contribution in [0.2, 0.25) is 0 Å². The van der Waals surface area contributed by atoms with Gasteiger partial charge in [-0.2, -0.15) is 0 Å². The fourth-order valence-electron chi connectivity index (χ4n) is 1.61. The Labute approximate surface area is 93.6 Å². The Kier molecular flexibility index (Phi) is 2.73. The molecule has 2 aromatic rings. The molecule has 0 aliphatic rings. The van der Waals surface area contributed by atoms with E-state index in [1.165, 1.54) is 0 Å². The number of hydrogen-bond donors (Lipinski definition) is 1. The lowest BCUT2D eigenvalue weighted by atomic mass is 10.4. The highest BCUT2D eigenvalue weighted by atomic mass is 32.1. The van der Waals surface area contributed by atoms with Crippen LogP contribution in [-0.4, -0.2) is 19.1 Å². The molecule has 4 nitrogen and oxygen atoms in total. The van der Waals surface area contributed by atoms with Gasteiger partial charge >= 0.3 is 0 Å². The van der Waals surface area contributed by atoms with E-state index in [1.54, 1.807) is 0 Å². The number of imidazole rings is 2. The Morgan fingerprint density at radius 3 is 2.87 bits per heavy atom. The maximum absolute atomic E-state index is 5.18. The average Bonchev–Trinajstić information content (AvgIpc) is 2.73. The van der Waals surface area contributed by atoms with Crippen molar-refractivity contribution in [1.82, 2.24) is 19.1 Å². The molecule has 15 heavy (non-hydrogen) atoms. The number of aromatic amines is 1. The van der Waals surface area contributed by atoms with Crippen molar-refractivity contribution in [3.8, 4) is 0 Å². The lowest BCUT2D eigenvalue weighted by molar-refractivity contribution is 0.631. The van der Waals surface area contributed by atoms with E-state index >= 15 is 0 Å². The first-order chi connectivity index (χ1) is 7.18. The van der Waals surface area contributed by atoms with Gasteiger partial charge in [0.15, 0.2) is 4.77 Å². The van der Waals surface area contributed by atoms with Crippen molar-refractivity contribution in [2.45, 2.75) is 19.9 Å². The third-order valence-electron chi connectivity index (χ3n) is 2.56. The number of hydrogen-bond acceptors (Lipinski definition) is 2. The van der Waals surface area contributed by atoms with Gasteiger partial charge in [-0.1, -0.05) is 0 Å². The van der Waals surface area contributed by atoms with E-state index < -0.39 is 0 Å². The molecule has 0 aliphatic heterocycles. The monoisotopic (exact) mass is 222 g/mol. The molecular weight excluding hydrogens is 208 g/mol. The molecule has 0 amide bonds. The Morgan fingerprint density at radius 1 is 1.53 bits per heavy atom. The van der Waals surface area contributed by atoms with Gasteiger partial charge in [0.25, 0.3) is 0 Å². The van der Waals surface area contributed by atoms with Crippen LogP contribution in [0.3, 0.4) is 0 Å². The minimum atomic E-state index is 0.779. The third kappa shape index (κ3) is 2.02. The number of nitrogens with one attached hydrogen (secondary N) is 1. The van der Waals surface area contributed by atoms with Crippen LogP contribution in [0.4, 0.5) is 0 Å². The van der Waals surface area contributed by atoms with Gasteiger partial charge in [0, 0.05) is 44.3 Å². The van der Waals surface area contributed by atoms with Gasteiger partial charge in [-0.3, -0.25) is 0 Å². The second kappa shape index (κ2) is 4.02. The first-order valence-corrected chi connectivity index (χ1v) is 5.30. The third-order valence-corrected chi connectivity index (χ3v) is 2.89. The number of nitrogens with zero attached hydrogens (tertiary/aromatic N) is 3. The molecule has 5 heteroatoms. The lowest BCUT2D eigenvalue weighted by Gasteiger charge is -2.05. The topological polar surface area (TPSA) is 38.5 Å². The highest BCUT2D eigenvalue weighted by molar-refractivity contribution is 7.71. The number of aryl methyl sites for hydroxylation is 3. The molecule has 0 bridgehead atoms. The molecule has 80 valence electrons. The van der Waals surface area contributed by atoms with Crippen LogP contribution in [0.1, 0.15) is 11.5 Å². The summed E-state index contributed by atoms with van der Waals surface area (Å²) in [5.74, 6) is 1.08. The van der Waals surface area contributed by atoms with Crippen molar-refractivity contribution in [2.24, 2.45) is 7.05 Å². The van der Waals surface area contributed by atoms with Crippen LogP contribution in [0, 0.1) is 11.7 Å². The summed E-state index contributed by atoms with van der Waals surface area (Å²) in [6.07, 6.45) is 6.61. The van der Waals surface area contributed by atoms with Crippen LogP contribution in [0.15, 0.2) is 18.6 Å². The minimum absolute atomic E-state index is 0.779. The van der Waals surface area contributed by atoms with Crippen molar-refractivity contribution < 1.29 is 0 Å². The van der Waals surface area contributed by atoms with E-state index in [1.807, 2.05) is 37.1 Å². The highest BCUT2D eigenvalue weighted by Crippen LogP contribution is 2.03. The summed E-state index contributed by atoms with van der Waals surface area (Å²) >= 11 is 5.18. The van der Waals surface area contributed by atoms with E-state index in [2.05, 4.69) is 14.5 Å². The largest absolute Gasteiger partial charge is 0.338 e. The van der Waals surface area contributed by atoms with Gasteiger partial charge in [0.2, 0.25) is 0 Å². The van der Waals surface area contributed by atoms with Crippen molar-refractivity contribution in [2.75, 3.05) is 0 Å². The Bertz CT molecular complexity index is 505. The summed E-state index contributed by atoms with van der Waals surface area (Å²) in [4.78, 5) is 7.31. The normalized spacial score (nSPS) is 10.8. The van der Waals surface area contributed by atoms with Gasteiger partial charge in [-0.15, -0.1) is 0 Å². The predicted molar refractivity (Wildman–Crippen MR) is 61.3 cm³/mol. The number of aromatic nitrogens is 4. The summed E-state index contributed by atoms with van der Waals surface area (Å²) in [6.45, 7) is 2.92. The van der Waals surface area contributed by atoms with Gasteiger partial charge in [-0.05, 0) is 19.1 Å². The molecule has 0 saturated carbocycles. The van der Waals surface area contributed by atoms with Crippen molar-refractivity contribution >= 4 is 12.2 Å². The fourth-order valence-corrected chi connectivity index (χ4v) is 1.90. The van der Waals surface area contributed by atoms with Gasteiger partial charge in [-0.25, -0.2) is 4.98 Å². The Morgan fingerprint density at radius 2 is 2.33 bits per heavy atom. The molecule has 0 radical (unpaired) electrons. The zero-order chi connectivity index (χ0) is 10.8. The van der Waals surface area contributed by atoms with Gasteiger partial charge in [0.05, 0.1) is 0 Å². The van der Waals surface area contributed by atoms with E-state index in [0.29, 0.717) is 0 Å². The Balaban J connectivity index is 2.12. The van der Waals surface area contributed by atoms with Crippen molar-refractivity contribution in [3.63, 3.8) is 0 Å². The van der Waals surface area contributed by atoms with Gasteiger partial charge in [0.1, 0.15) is 5.82 Å². The molecule has 2 aromatic heterocycles. The van der Waals surface area contributed by atoms with E-state index in [0.717, 1.165) is 29.3 Å². The standard InChI is InChI=1S/C10H14N4S/c1-8-7-12-10(15)14(8)5-3-9-11-4-6-13(9)2/h4,6-7H,3,5H2,1-2H3,(H,12,15). The molecule has 0 atom stereocenters. The van der Waals surface area contributed by atoms with Crippen LogP contribution < -0.4 is 0 Å². The Hall–Kier alpha value is -1.36. The summed E-state index contributed by atoms with van der Waals surface area (Å²) < 4.78 is 4.90. The van der Waals surface area contributed by atoms with Crippen molar-refractivity contribution in [3.05, 3.63) is 34.9 Å². The molecule has 0 aliphatic carbocycles. The van der Waals surface area contributed by atoms with Gasteiger partial charge < -0.3 is 14.1 Å². The lowest BCUT2D eigenvalue weighted by Crippen LogP contribution is -2.06. The second-order valence-corrected chi connectivity index (χ2v) is 3.98. The van der Waals surface area contributed by atoms with E-state index in [-0.39, 0.29) is 0 Å². The summed E-state index contributed by atoms with van der Waals surface area (Å²) in [5, 5.41) is 0. The molecule has 0 spiro atoms. The van der Waals surface area contributed by atoms with Crippen molar-refractivity contribution in [1.29, 1.82) is 0 Å². The second-order valence-electron chi connectivity index (χ2n) is 3.59. The summed E-state index contributed by atoms with van der Waals surface area (Å²) in [7, 11) is 2.01. The zero-order valence-electron chi connectivity index (χ0n) is 8.90. The van der Waals surface area contributed by atoms with Crippen LogP contribution in [-0.2, 0) is 20.0 Å². The summed E-state index contributed by atoms with van der Waals surface area (Å²) in [5.41, 5.74) is 1.16. The minimum Gasteiger partial charge on any atom is -0.338 e. The average molecular weight is 222 g/mol. The maximum atomic E-state index is 5.18. The molecule has 1 N–H and O–H groups in total. The molecule has 0 aromatic carbocycles. The highest BCUT2D eigenvalue weighted by Gasteiger charge is 2.02. The quantitative estimate of drug-likeness (QED) is 0.805. The smallest absolute Gasteiger partial charge is 0.177 e. The zero-order valence-corrected chi connectivity index (χ0v) is 9.71. The maximum Gasteiger partial charge on any atom is 0.177 e. The molecule has 2 rings (SSSR count). The molecule has 0 fully saturated rings.